The molecule has 0 aliphatic carbocycles. The van der Waals surface area contributed by atoms with Crippen molar-refractivity contribution in [1.82, 2.24) is 10.2 Å². The molecule has 0 aliphatic rings. The molecule has 18 heavy (non-hydrogen) atoms. The summed E-state index contributed by atoms with van der Waals surface area (Å²) in [5, 5.41) is 7.98. The molecule has 1 aromatic carbocycles. The summed E-state index contributed by atoms with van der Waals surface area (Å²) in [6.07, 6.45) is 3.05. The molecule has 0 spiro atoms. The second-order valence-corrected chi connectivity index (χ2v) is 3.50. The quantitative estimate of drug-likeness (QED) is 0.832. The van der Waals surface area contributed by atoms with Crippen LogP contribution in [0.4, 0.5) is 0 Å². The minimum Gasteiger partial charge on any atom is -0.415 e. The van der Waals surface area contributed by atoms with E-state index in [-0.39, 0.29) is 0 Å². The third-order valence-electron chi connectivity index (χ3n) is 2.25. The maximum Gasteiger partial charge on any atom is 0.266 e. The predicted octanol–water partition coefficient (Wildman–Crippen LogP) is 2.02. The Labute approximate surface area is 105 Å². The van der Waals surface area contributed by atoms with Gasteiger partial charge in [0, 0.05) is 12.1 Å². The normalized spacial score (nSPS) is 12.2. The first kappa shape index (κ1) is 12.0. The molecular weight excluding hydrogens is 228 g/mol. The van der Waals surface area contributed by atoms with Crippen LogP contribution in [0.15, 0.2) is 52.0 Å². The van der Waals surface area contributed by atoms with Crippen LogP contribution >= 0.6 is 0 Å². The molecule has 0 amide bonds. The van der Waals surface area contributed by atoms with E-state index in [2.05, 4.69) is 15.2 Å². The average molecular weight is 242 g/mol. The van der Waals surface area contributed by atoms with Gasteiger partial charge in [0.05, 0.1) is 0 Å². The molecule has 0 bridgehead atoms. The van der Waals surface area contributed by atoms with Crippen LogP contribution in [-0.2, 0) is 0 Å². The summed E-state index contributed by atoms with van der Waals surface area (Å²) < 4.78 is 5.58. The lowest BCUT2D eigenvalue weighted by molar-refractivity contribution is 0.558. The zero-order chi connectivity index (χ0) is 12.8. The SMILES string of the molecule is CCN=C(/C=C\N)c1nnc(-c2ccccc2)o1. The highest BCUT2D eigenvalue weighted by Gasteiger charge is 2.11. The van der Waals surface area contributed by atoms with E-state index in [4.69, 9.17) is 10.2 Å². The predicted molar refractivity (Wildman–Crippen MR) is 70.1 cm³/mol. The second kappa shape index (κ2) is 5.77. The van der Waals surface area contributed by atoms with Gasteiger partial charge in [-0.3, -0.25) is 4.99 Å². The molecule has 0 fully saturated rings. The summed E-state index contributed by atoms with van der Waals surface area (Å²) in [5.41, 5.74) is 6.83. The van der Waals surface area contributed by atoms with Crippen molar-refractivity contribution >= 4 is 5.71 Å². The van der Waals surface area contributed by atoms with E-state index in [0.717, 1.165) is 5.56 Å². The topological polar surface area (TPSA) is 77.3 Å². The van der Waals surface area contributed by atoms with Crippen molar-refractivity contribution in [3.8, 4) is 11.5 Å². The van der Waals surface area contributed by atoms with E-state index >= 15 is 0 Å². The van der Waals surface area contributed by atoms with Gasteiger partial charge in [-0.1, -0.05) is 18.2 Å². The highest BCUT2D eigenvalue weighted by atomic mass is 16.4. The van der Waals surface area contributed by atoms with Gasteiger partial charge in [0.1, 0.15) is 5.71 Å². The summed E-state index contributed by atoms with van der Waals surface area (Å²) in [4.78, 5) is 4.24. The Kier molecular flexibility index (Phi) is 3.86. The highest BCUT2D eigenvalue weighted by molar-refractivity contribution is 6.05. The van der Waals surface area contributed by atoms with Gasteiger partial charge in [0.15, 0.2) is 0 Å². The van der Waals surface area contributed by atoms with Crippen molar-refractivity contribution in [3.05, 3.63) is 48.5 Å². The van der Waals surface area contributed by atoms with E-state index in [1.807, 2.05) is 37.3 Å². The summed E-state index contributed by atoms with van der Waals surface area (Å²) in [6.45, 7) is 2.56. The van der Waals surface area contributed by atoms with Gasteiger partial charge in [-0.15, -0.1) is 10.2 Å². The molecule has 0 saturated heterocycles. The maximum absolute atomic E-state index is 5.58. The van der Waals surface area contributed by atoms with Crippen molar-refractivity contribution in [2.45, 2.75) is 6.92 Å². The van der Waals surface area contributed by atoms with Crippen LogP contribution < -0.4 is 5.73 Å². The molecule has 0 saturated carbocycles. The summed E-state index contributed by atoms with van der Waals surface area (Å²) in [7, 11) is 0. The molecule has 0 atom stereocenters. The van der Waals surface area contributed by atoms with E-state index in [1.165, 1.54) is 6.20 Å². The molecule has 0 aliphatic heterocycles. The third kappa shape index (κ3) is 2.63. The van der Waals surface area contributed by atoms with Gasteiger partial charge in [-0.05, 0) is 31.3 Å². The minimum atomic E-state index is 0.373. The first-order valence-electron chi connectivity index (χ1n) is 5.67. The fraction of sp³-hybridized carbons (Fsp3) is 0.154. The molecule has 1 heterocycles. The average Bonchev–Trinajstić information content (AvgIpc) is 2.89. The summed E-state index contributed by atoms with van der Waals surface area (Å²) in [5.74, 6) is 0.845. The molecule has 5 heteroatoms. The largest absolute Gasteiger partial charge is 0.415 e. The van der Waals surface area contributed by atoms with Crippen LogP contribution in [0.1, 0.15) is 12.8 Å². The first-order chi connectivity index (χ1) is 8.85. The number of aromatic nitrogens is 2. The van der Waals surface area contributed by atoms with Gasteiger partial charge >= 0.3 is 0 Å². The molecule has 2 N–H and O–H groups in total. The van der Waals surface area contributed by atoms with Crippen molar-refractivity contribution < 1.29 is 4.42 Å². The van der Waals surface area contributed by atoms with Crippen LogP contribution in [0.5, 0.6) is 0 Å². The van der Waals surface area contributed by atoms with Gasteiger partial charge < -0.3 is 10.2 Å². The number of nitrogens with two attached hydrogens (primary N) is 1. The number of aliphatic imine (C=N–C) groups is 1. The van der Waals surface area contributed by atoms with Gasteiger partial charge in [0.2, 0.25) is 5.89 Å². The van der Waals surface area contributed by atoms with Crippen LogP contribution in [0.2, 0.25) is 0 Å². The van der Waals surface area contributed by atoms with Crippen molar-refractivity contribution in [1.29, 1.82) is 0 Å². The molecular formula is C13H14N4O. The second-order valence-electron chi connectivity index (χ2n) is 3.50. The molecule has 5 nitrogen and oxygen atoms in total. The number of nitrogens with zero attached hydrogens (tertiary/aromatic N) is 3. The van der Waals surface area contributed by atoms with Crippen molar-refractivity contribution in [3.63, 3.8) is 0 Å². The summed E-state index contributed by atoms with van der Waals surface area (Å²) in [6, 6.07) is 9.58. The standard InChI is InChI=1S/C13H14N4O/c1-2-15-11(8-9-14)13-17-16-12(18-13)10-6-4-3-5-7-10/h3-9H,2,14H2,1H3/b9-8-,15-11?. The Morgan fingerprint density at radius 3 is 2.78 bits per heavy atom. The molecule has 0 radical (unpaired) electrons. The number of rotatable bonds is 4. The molecule has 0 unspecified atom stereocenters. The lowest BCUT2D eigenvalue weighted by Gasteiger charge is -1.94. The van der Waals surface area contributed by atoms with E-state index < -0.39 is 0 Å². The molecule has 1 aromatic heterocycles. The van der Waals surface area contributed by atoms with E-state index in [0.29, 0.717) is 24.0 Å². The maximum atomic E-state index is 5.58. The van der Waals surface area contributed by atoms with Crippen LogP contribution in [-0.4, -0.2) is 22.5 Å². The number of allylic oxidation sites excluding steroid dienone is 1. The Morgan fingerprint density at radius 2 is 2.11 bits per heavy atom. The smallest absolute Gasteiger partial charge is 0.266 e. The van der Waals surface area contributed by atoms with Gasteiger partial charge in [0.25, 0.3) is 5.89 Å². The Balaban J connectivity index is 2.33. The third-order valence-corrected chi connectivity index (χ3v) is 2.25. The monoisotopic (exact) mass is 242 g/mol. The fourth-order valence-electron chi connectivity index (χ4n) is 1.48. The van der Waals surface area contributed by atoms with Crippen molar-refractivity contribution in [2.24, 2.45) is 10.7 Å². The lowest BCUT2D eigenvalue weighted by Crippen LogP contribution is -1.99. The Morgan fingerprint density at radius 1 is 1.33 bits per heavy atom. The lowest BCUT2D eigenvalue weighted by atomic mass is 10.2. The zero-order valence-corrected chi connectivity index (χ0v) is 10.1. The number of benzene rings is 1. The van der Waals surface area contributed by atoms with Crippen LogP contribution in [0.25, 0.3) is 11.5 Å². The fourth-order valence-corrected chi connectivity index (χ4v) is 1.48. The summed E-state index contributed by atoms with van der Waals surface area (Å²) >= 11 is 0. The zero-order valence-electron chi connectivity index (χ0n) is 10.1. The first-order valence-corrected chi connectivity index (χ1v) is 5.67. The van der Waals surface area contributed by atoms with Crippen LogP contribution in [0, 0.1) is 0 Å². The van der Waals surface area contributed by atoms with Gasteiger partial charge in [-0.2, -0.15) is 0 Å². The Bertz CT molecular complexity index is 557. The van der Waals surface area contributed by atoms with E-state index in [1.54, 1.807) is 6.08 Å². The molecule has 2 rings (SSSR count). The van der Waals surface area contributed by atoms with Crippen molar-refractivity contribution in [2.75, 3.05) is 6.54 Å². The highest BCUT2D eigenvalue weighted by Crippen LogP contribution is 2.17. The minimum absolute atomic E-state index is 0.373. The van der Waals surface area contributed by atoms with Gasteiger partial charge in [-0.25, -0.2) is 0 Å². The van der Waals surface area contributed by atoms with E-state index in [9.17, 15) is 0 Å². The van der Waals surface area contributed by atoms with Crippen LogP contribution in [0.3, 0.4) is 0 Å². The molecule has 2 aromatic rings. The number of hydrogen-bond acceptors (Lipinski definition) is 5. The Hall–Kier alpha value is -2.43. The molecule has 92 valence electrons. The number of hydrogen-bond donors (Lipinski definition) is 1.